The van der Waals surface area contributed by atoms with Crippen LogP contribution in [0.3, 0.4) is 0 Å². The molecule has 69 valence electrons. The average Bonchev–Trinajstić information content (AvgIpc) is 2.02. The van der Waals surface area contributed by atoms with Crippen LogP contribution in [0, 0.1) is 6.92 Å². The second kappa shape index (κ2) is 6.28. The van der Waals surface area contributed by atoms with Crippen molar-refractivity contribution in [1.29, 1.82) is 0 Å². The zero-order chi connectivity index (χ0) is 8.65. The Labute approximate surface area is 77.1 Å². The van der Waals surface area contributed by atoms with Crippen LogP contribution in [0.15, 0.2) is 11.6 Å². The van der Waals surface area contributed by atoms with Gasteiger partial charge in [0.1, 0.15) is 0 Å². The van der Waals surface area contributed by atoms with Crippen LogP contribution in [0.2, 0.25) is 0 Å². The molecular weight excluding hydrogens is 144 g/mol. The summed E-state index contributed by atoms with van der Waals surface area (Å²) in [5.41, 5.74) is 1.71. The van der Waals surface area contributed by atoms with Crippen LogP contribution in [0.5, 0.6) is 0 Å². The summed E-state index contributed by atoms with van der Waals surface area (Å²) in [6, 6.07) is 0. The molecule has 0 aliphatic heterocycles. The monoisotopic (exact) mass is 165 g/mol. The van der Waals surface area contributed by atoms with E-state index in [1.807, 2.05) is 0 Å². The molecule has 0 saturated heterocycles. The number of rotatable bonds is 3. The number of hydrogen-bond acceptors (Lipinski definition) is 0. The molecule has 12 heavy (non-hydrogen) atoms. The van der Waals surface area contributed by atoms with Crippen molar-refractivity contribution in [2.75, 3.05) is 0 Å². The van der Waals surface area contributed by atoms with Gasteiger partial charge in [-0.05, 0) is 38.5 Å². The third kappa shape index (κ3) is 3.94. The molecule has 0 nitrogen and oxygen atoms in total. The number of allylic oxidation sites excluding steroid dienone is 2. The van der Waals surface area contributed by atoms with E-state index in [4.69, 9.17) is 0 Å². The Morgan fingerprint density at radius 1 is 1.17 bits per heavy atom. The zero-order valence-corrected chi connectivity index (χ0v) is 8.15. The van der Waals surface area contributed by atoms with Crippen LogP contribution in [-0.2, 0) is 0 Å². The van der Waals surface area contributed by atoms with Crippen LogP contribution >= 0.6 is 0 Å². The molecule has 0 unspecified atom stereocenters. The average molecular weight is 165 g/mol. The molecule has 0 atom stereocenters. The molecule has 0 spiro atoms. The van der Waals surface area contributed by atoms with Gasteiger partial charge in [0.2, 0.25) is 0 Å². The molecule has 0 heterocycles. The molecule has 0 N–H and O–H groups in total. The quantitative estimate of drug-likeness (QED) is 0.548. The lowest BCUT2D eigenvalue weighted by Crippen LogP contribution is -1.90. The fourth-order valence-corrected chi connectivity index (χ4v) is 1.84. The lowest BCUT2D eigenvalue weighted by Gasteiger charge is -2.10. The van der Waals surface area contributed by atoms with E-state index in [9.17, 15) is 0 Å². The van der Waals surface area contributed by atoms with Crippen molar-refractivity contribution < 1.29 is 0 Å². The van der Waals surface area contributed by atoms with Gasteiger partial charge in [-0.2, -0.15) is 0 Å². The molecule has 1 aliphatic carbocycles. The van der Waals surface area contributed by atoms with Crippen LogP contribution < -0.4 is 0 Å². The Morgan fingerprint density at radius 2 is 2.00 bits per heavy atom. The summed E-state index contributed by atoms with van der Waals surface area (Å²) < 4.78 is 0. The summed E-state index contributed by atoms with van der Waals surface area (Å²) in [4.78, 5) is 0. The second-order valence-corrected chi connectivity index (χ2v) is 3.77. The highest BCUT2D eigenvalue weighted by molar-refractivity contribution is 5.02. The molecule has 0 aromatic rings. The smallest absolute Gasteiger partial charge is 0.0320 e. The van der Waals surface area contributed by atoms with Crippen molar-refractivity contribution in [3.8, 4) is 0 Å². The minimum atomic E-state index is 1.09. The molecule has 0 aromatic carbocycles. The summed E-state index contributed by atoms with van der Waals surface area (Å²) >= 11 is 0. The number of hydrogen-bond donors (Lipinski definition) is 0. The molecular formula is C12H21. The van der Waals surface area contributed by atoms with E-state index < -0.39 is 0 Å². The SMILES string of the molecule is [CH2]CCCC1=CCCCCCC1. The van der Waals surface area contributed by atoms with E-state index >= 15 is 0 Å². The minimum absolute atomic E-state index is 1.09. The maximum absolute atomic E-state index is 3.88. The summed E-state index contributed by atoms with van der Waals surface area (Å²) in [7, 11) is 0. The molecule has 0 bridgehead atoms. The van der Waals surface area contributed by atoms with Crippen molar-refractivity contribution >= 4 is 0 Å². The lowest BCUT2D eigenvalue weighted by atomic mass is 9.96. The standard InChI is InChI=1S/C12H21/c1-2-3-9-12-10-7-5-4-6-8-11-12/h10H,1-9,11H2. The Bertz CT molecular complexity index is 133. The van der Waals surface area contributed by atoms with E-state index in [0.717, 1.165) is 6.42 Å². The van der Waals surface area contributed by atoms with Gasteiger partial charge in [0.15, 0.2) is 0 Å². The first-order valence-corrected chi connectivity index (χ1v) is 5.40. The van der Waals surface area contributed by atoms with E-state index in [0.29, 0.717) is 0 Å². The maximum Gasteiger partial charge on any atom is -0.0320 e. The first-order chi connectivity index (χ1) is 5.93. The van der Waals surface area contributed by atoms with Gasteiger partial charge < -0.3 is 0 Å². The predicted octanol–water partition coefficient (Wildman–Crippen LogP) is 4.27. The van der Waals surface area contributed by atoms with Crippen molar-refractivity contribution in [2.45, 2.75) is 57.8 Å². The highest BCUT2D eigenvalue weighted by Crippen LogP contribution is 2.20. The third-order valence-corrected chi connectivity index (χ3v) is 2.63. The van der Waals surface area contributed by atoms with E-state index in [1.165, 1.54) is 51.4 Å². The minimum Gasteiger partial charge on any atom is -0.0853 e. The van der Waals surface area contributed by atoms with Crippen LogP contribution in [-0.4, -0.2) is 0 Å². The first kappa shape index (κ1) is 9.83. The van der Waals surface area contributed by atoms with Crippen molar-refractivity contribution in [1.82, 2.24) is 0 Å². The molecule has 0 amide bonds. The molecule has 0 aromatic heterocycles. The van der Waals surface area contributed by atoms with Gasteiger partial charge in [-0.15, -0.1) is 0 Å². The Hall–Kier alpha value is -0.260. The van der Waals surface area contributed by atoms with E-state index in [2.05, 4.69) is 13.0 Å². The van der Waals surface area contributed by atoms with Crippen molar-refractivity contribution in [3.05, 3.63) is 18.6 Å². The Balaban J connectivity index is 2.26. The zero-order valence-electron chi connectivity index (χ0n) is 8.15. The predicted molar refractivity (Wildman–Crippen MR) is 55.0 cm³/mol. The summed E-state index contributed by atoms with van der Waals surface area (Å²) in [6.45, 7) is 3.88. The second-order valence-electron chi connectivity index (χ2n) is 3.77. The largest absolute Gasteiger partial charge is 0.0853 e. The Morgan fingerprint density at radius 3 is 2.83 bits per heavy atom. The number of unbranched alkanes of at least 4 members (excludes halogenated alkanes) is 1. The molecule has 1 radical (unpaired) electrons. The fourth-order valence-electron chi connectivity index (χ4n) is 1.84. The third-order valence-electron chi connectivity index (χ3n) is 2.63. The molecule has 0 fully saturated rings. The van der Waals surface area contributed by atoms with Gasteiger partial charge in [0.25, 0.3) is 0 Å². The van der Waals surface area contributed by atoms with Gasteiger partial charge in [-0.25, -0.2) is 0 Å². The van der Waals surface area contributed by atoms with Gasteiger partial charge >= 0.3 is 0 Å². The maximum atomic E-state index is 3.88. The lowest BCUT2D eigenvalue weighted by molar-refractivity contribution is 0.609. The van der Waals surface area contributed by atoms with Gasteiger partial charge in [0.05, 0.1) is 0 Å². The molecule has 0 saturated carbocycles. The van der Waals surface area contributed by atoms with Crippen LogP contribution in [0.4, 0.5) is 0 Å². The van der Waals surface area contributed by atoms with Crippen molar-refractivity contribution in [2.24, 2.45) is 0 Å². The van der Waals surface area contributed by atoms with E-state index in [1.54, 1.807) is 5.57 Å². The van der Waals surface area contributed by atoms with Crippen LogP contribution in [0.25, 0.3) is 0 Å². The van der Waals surface area contributed by atoms with Gasteiger partial charge in [0, 0.05) is 0 Å². The highest BCUT2D eigenvalue weighted by Gasteiger charge is 2.00. The summed E-state index contributed by atoms with van der Waals surface area (Å²) in [5, 5.41) is 0. The van der Waals surface area contributed by atoms with Crippen molar-refractivity contribution in [3.63, 3.8) is 0 Å². The molecule has 1 aliphatic rings. The van der Waals surface area contributed by atoms with Gasteiger partial charge in [-0.3, -0.25) is 0 Å². The highest BCUT2D eigenvalue weighted by atomic mass is 14.1. The van der Waals surface area contributed by atoms with E-state index in [-0.39, 0.29) is 0 Å². The summed E-state index contributed by atoms with van der Waals surface area (Å²) in [6.07, 6.45) is 14.6. The van der Waals surface area contributed by atoms with Gasteiger partial charge in [-0.1, -0.05) is 37.8 Å². The van der Waals surface area contributed by atoms with Crippen LogP contribution in [0.1, 0.15) is 57.8 Å². The fraction of sp³-hybridized carbons (Fsp3) is 0.750. The first-order valence-electron chi connectivity index (χ1n) is 5.40. The molecule has 1 rings (SSSR count). The Kier molecular flexibility index (Phi) is 5.14. The normalized spacial score (nSPS) is 19.6. The summed E-state index contributed by atoms with van der Waals surface area (Å²) in [5.74, 6) is 0. The topological polar surface area (TPSA) is 0 Å². The molecule has 0 heteroatoms.